The Morgan fingerprint density at radius 2 is 2.15 bits per heavy atom. The molecule has 2 aromatic carbocycles. The molecule has 0 saturated heterocycles. The Morgan fingerprint density at radius 1 is 1.30 bits per heavy atom. The summed E-state index contributed by atoms with van der Waals surface area (Å²) in [5, 5.41) is 4.66. The summed E-state index contributed by atoms with van der Waals surface area (Å²) in [6.07, 6.45) is 0. The van der Waals surface area contributed by atoms with Gasteiger partial charge in [-0.05, 0) is 23.3 Å². The summed E-state index contributed by atoms with van der Waals surface area (Å²) in [6, 6.07) is 15.2. The van der Waals surface area contributed by atoms with Gasteiger partial charge in [-0.25, -0.2) is 0 Å². The van der Waals surface area contributed by atoms with Crippen molar-refractivity contribution in [3.05, 3.63) is 70.6 Å². The molecule has 0 spiro atoms. The molecule has 0 aliphatic carbocycles. The number of aromatic nitrogens is 2. The SMILES string of the molecule is COC(=O)C1CN(Cc2nc(-c3cccc(Cl)c3)no2)Cc2ccccc21. The molecule has 0 saturated carbocycles. The maximum Gasteiger partial charge on any atom is 0.314 e. The van der Waals surface area contributed by atoms with Crippen LogP contribution in [0.3, 0.4) is 0 Å². The first-order chi connectivity index (χ1) is 13.1. The predicted octanol–water partition coefficient (Wildman–Crippen LogP) is 3.66. The van der Waals surface area contributed by atoms with Crippen LogP contribution in [0.25, 0.3) is 11.4 Å². The number of methoxy groups -OCH3 is 1. The fraction of sp³-hybridized carbons (Fsp3) is 0.250. The number of hydrogen-bond donors (Lipinski definition) is 0. The molecule has 1 atom stereocenters. The first kappa shape index (κ1) is 17.7. The number of fused-ring (bicyclic) bond motifs is 1. The van der Waals surface area contributed by atoms with E-state index >= 15 is 0 Å². The first-order valence-corrected chi connectivity index (χ1v) is 8.98. The van der Waals surface area contributed by atoms with E-state index in [0.717, 1.165) is 16.7 Å². The molecule has 3 aromatic rings. The normalized spacial score (nSPS) is 16.7. The molecular formula is C20H18ClN3O3. The number of nitrogens with zero attached hydrogens (tertiary/aromatic N) is 3. The van der Waals surface area contributed by atoms with E-state index in [1.165, 1.54) is 7.11 Å². The molecule has 0 bridgehead atoms. The Hall–Kier alpha value is -2.70. The lowest BCUT2D eigenvalue weighted by molar-refractivity contribution is -0.143. The largest absolute Gasteiger partial charge is 0.469 e. The van der Waals surface area contributed by atoms with E-state index in [9.17, 15) is 4.79 Å². The summed E-state index contributed by atoms with van der Waals surface area (Å²) < 4.78 is 10.4. The van der Waals surface area contributed by atoms with Crippen molar-refractivity contribution in [2.45, 2.75) is 19.0 Å². The van der Waals surface area contributed by atoms with E-state index in [0.29, 0.717) is 36.4 Å². The quantitative estimate of drug-likeness (QED) is 0.640. The summed E-state index contributed by atoms with van der Waals surface area (Å²) in [5.41, 5.74) is 2.92. The molecule has 1 aliphatic rings. The molecular weight excluding hydrogens is 366 g/mol. The topological polar surface area (TPSA) is 68.5 Å². The van der Waals surface area contributed by atoms with Crippen LogP contribution in [-0.2, 0) is 22.6 Å². The lowest BCUT2D eigenvalue weighted by atomic mass is 9.90. The number of carbonyl (C=O) groups excluding carboxylic acids is 1. The number of ether oxygens (including phenoxy) is 1. The van der Waals surface area contributed by atoms with E-state index in [1.807, 2.05) is 36.4 Å². The lowest BCUT2D eigenvalue weighted by Gasteiger charge is -2.32. The molecule has 27 heavy (non-hydrogen) atoms. The Kier molecular flexibility index (Phi) is 4.92. The van der Waals surface area contributed by atoms with Crippen LogP contribution < -0.4 is 0 Å². The van der Waals surface area contributed by atoms with Crippen LogP contribution in [0.5, 0.6) is 0 Å². The van der Waals surface area contributed by atoms with Crippen LogP contribution in [0, 0.1) is 0 Å². The van der Waals surface area contributed by atoms with Crippen LogP contribution in [0.1, 0.15) is 22.9 Å². The smallest absolute Gasteiger partial charge is 0.314 e. The zero-order valence-electron chi connectivity index (χ0n) is 14.8. The van der Waals surface area contributed by atoms with Gasteiger partial charge in [0.1, 0.15) is 0 Å². The minimum Gasteiger partial charge on any atom is -0.469 e. The zero-order chi connectivity index (χ0) is 18.8. The fourth-order valence-electron chi connectivity index (χ4n) is 3.40. The average Bonchev–Trinajstić information content (AvgIpc) is 3.15. The number of hydrogen-bond acceptors (Lipinski definition) is 6. The highest BCUT2D eigenvalue weighted by molar-refractivity contribution is 6.30. The standard InChI is InChI=1S/C20H18ClN3O3/c1-26-20(25)17-11-24(10-14-5-2-3-8-16(14)17)12-18-22-19(23-27-18)13-6-4-7-15(21)9-13/h2-9,17H,10-12H2,1H3. The molecule has 0 fully saturated rings. The molecule has 1 unspecified atom stereocenters. The number of halogens is 1. The summed E-state index contributed by atoms with van der Waals surface area (Å²) >= 11 is 6.03. The zero-order valence-corrected chi connectivity index (χ0v) is 15.5. The van der Waals surface area contributed by atoms with Crippen molar-refractivity contribution in [3.63, 3.8) is 0 Å². The van der Waals surface area contributed by atoms with Gasteiger partial charge in [0, 0.05) is 23.7 Å². The molecule has 1 aliphatic heterocycles. The van der Waals surface area contributed by atoms with Crippen LogP contribution in [0.4, 0.5) is 0 Å². The van der Waals surface area contributed by atoms with Crippen molar-refractivity contribution in [1.29, 1.82) is 0 Å². The molecule has 1 aromatic heterocycles. The molecule has 7 heteroatoms. The fourth-order valence-corrected chi connectivity index (χ4v) is 3.59. The van der Waals surface area contributed by atoms with Gasteiger partial charge in [-0.2, -0.15) is 4.98 Å². The molecule has 0 amide bonds. The van der Waals surface area contributed by atoms with E-state index in [1.54, 1.807) is 12.1 Å². The van der Waals surface area contributed by atoms with Crippen LogP contribution >= 0.6 is 11.6 Å². The highest BCUT2D eigenvalue weighted by Crippen LogP contribution is 2.30. The van der Waals surface area contributed by atoms with Crippen molar-refractivity contribution in [2.24, 2.45) is 0 Å². The van der Waals surface area contributed by atoms with Gasteiger partial charge >= 0.3 is 5.97 Å². The van der Waals surface area contributed by atoms with Gasteiger partial charge in [0.05, 0.1) is 19.6 Å². The average molecular weight is 384 g/mol. The maximum absolute atomic E-state index is 12.2. The van der Waals surface area contributed by atoms with Crippen molar-refractivity contribution in [2.75, 3.05) is 13.7 Å². The third kappa shape index (κ3) is 3.72. The summed E-state index contributed by atoms with van der Waals surface area (Å²) in [4.78, 5) is 18.8. The number of esters is 1. The summed E-state index contributed by atoms with van der Waals surface area (Å²) in [7, 11) is 1.42. The number of rotatable bonds is 4. The molecule has 138 valence electrons. The van der Waals surface area contributed by atoms with Crippen LogP contribution in [0.2, 0.25) is 5.02 Å². The summed E-state index contributed by atoms with van der Waals surface area (Å²) in [5.74, 6) is 0.426. The van der Waals surface area contributed by atoms with E-state index in [-0.39, 0.29) is 11.9 Å². The van der Waals surface area contributed by atoms with Gasteiger partial charge in [0.2, 0.25) is 11.7 Å². The van der Waals surface area contributed by atoms with Gasteiger partial charge in [0.15, 0.2) is 0 Å². The van der Waals surface area contributed by atoms with Gasteiger partial charge in [-0.3, -0.25) is 9.69 Å². The molecule has 2 heterocycles. The first-order valence-electron chi connectivity index (χ1n) is 8.60. The molecule has 0 N–H and O–H groups in total. The van der Waals surface area contributed by atoms with Gasteiger partial charge in [0.25, 0.3) is 0 Å². The third-order valence-corrected chi connectivity index (χ3v) is 4.90. The monoisotopic (exact) mass is 383 g/mol. The van der Waals surface area contributed by atoms with Gasteiger partial charge < -0.3 is 9.26 Å². The minimum absolute atomic E-state index is 0.239. The van der Waals surface area contributed by atoms with Crippen molar-refractivity contribution < 1.29 is 14.1 Å². The van der Waals surface area contributed by atoms with E-state index < -0.39 is 0 Å². The van der Waals surface area contributed by atoms with Gasteiger partial charge in [-0.1, -0.05) is 53.2 Å². The highest BCUT2D eigenvalue weighted by Gasteiger charge is 2.31. The Morgan fingerprint density at radius 3 is 2.96 bits per heavy atom. The highest BCUT2D eigenvalue weighted by atomic mass is 35.5. The second-order valence-electron chi connectivity index (χ2n) is 6.47. The van der Waals surface area contributed by atoms with Gasteiger partial charge in [-0.15, -0.1) is 0 Å². The van der Waals surface area contributed by atoms with Crippen molar-refractivity contribution >= 4 is 17.6 Å². The molecule has 4 rings (SSSR count). The van der Waals surface area contributed by atoms with Crippen molar-refractivity contribution in [3.8, 4) is 11.4 Å². The number of carbonyl (C=O) groups is 1. The van der Waals surface area contributed by atoms with Crippen LogP contribution in [0.15, 0.2) is 53.1 Å². The second-order valence-corrected chi connectivity index (χ2v) is 6.90. The lowest BCUT2D eigenvalue weighted by Crippen LogP contribution is -2.37. The van der Waals surface area contributed by atoms with Crippen molar-refractivity contribution in [1.82, 2.24) is 15.0 Å². The minimum atomic E-state index is -0.324. The molecule has 6 nitrogen and oxygen atoms in total. The predicted molar refractivity (Wildman–Crippen MR) is 100 cm³/mol. The number of benzene rings is 2. The Bertz CT molecular complexity index is 972. The third-order valence-electron chi connectivity index (χ3n) is 4.66. The Balaban J connectivity index is 1.54. The molecule has 0 radical (unpaired) electrons. The second kappa shape index (κ2) is 7.50. The Labute approximate surface area is 161 Å². The van der Waals surface area contributed by atoms with E-state index in [2.05, 4.69) is 15.0 Å². The maximum atomic E-state index is 12.2. The van der Waals surface area contributed by atoms with E-state index in [4.69, 9.17) is 20.9 Å². The summed E-state index contributed by atoms with van der Waals surface area (Å²) in [6.45, 7) is 1.70. The van der Waals surface area contributed by atoms with Crippen LogP contribution in [-0.4, -0.2) is 34.7 Å².